The van der Waals surface area contributed by atoms with E-state index < -0.39 is 6.10 Å². The quantitative estimate of drug-likeness (QED) is 0.854. The maximum atomic E-state index is 9.46. The molecule has 0 aliphatic carbocycles. The molecule has 1 saturated heterocycles. The number of pyridine rings is 1. The average molecular weight is 250 g/mol. The zero-order valence-electron chi connectivity index (χ0n) is 10.9. The highest BCUT2D eigenvalue weighted by molar-refractivity contribution is 5.40. The molecule has 100 valence electrons. The van der Waals surface area contributed by atoms with Gasteiger partial charge in [-0.15, -0.1) is 0 Å². The fourth-order valence-corrected chi connectivity index (χ4v) is 2.52. The van der Waals surface area contributed by atoms with Gasteiger partial charge in [0.2, 0.25) is 0 Å². The summed E-state index contributed by atoms with van der Waals surface area (Å²) in [5, 5.41) is 18.5. The van der Waals surface area contributed by atoms with Crippen LogP contribution in [0.2, 0.25) is 0 Å². The predicted molar refractivity (Wildman–Crippen MR) is 71.5 cm³/mol. The van der Waals surface area contributed by atoms with Gasteiger partial charge in [0, 0.05) is 25.9 Å². The van der Waals surface area contributed by atoms with E-state index >= 15 is 0 Å². The summed E-state index contributed by atoms with van der Waals surface area (Å²) in [6.07, 6.45) is 4.51. The Kier molecular flexibility index (Phi) is 4.55. The molecule has 4 heteroatoms. The Morgan fingerprint density at radius 2 is 2.33 bits per heavy atom. The first-order valence-electron chi connectivity index (χ1n) is 6.70. The molecule has 4 nitrogen and oxygen atoms in total. The van der Waals surface area contributed by atoms with E-state index in [-0.39, 0.29) is 6.61 Å². The lowest BCUT2D eigenvalue weighted by Gasteiger charge is -2.33. The molecule has 1 aromatic heterocycles. The Labute approximate surface area is 108 Å². The van der Waals surface area contributed by atoms with Crippen molar-refractivity contribution in [1.29, 1.82) is 0 Å². The number of aromatic nitrogens is 1. The number of rotatable bonds is 4. The van der Waals surface area contributed by atoms with E-state index in [2.05, 4.69) is 9.88 Å². The van der Waals surface area contributed by atoms with Crippen LogP contribution >= 0.6 is 0 Å². The summed E-state index contributed by atoms with van der Waals surface area (Å²) < 4.78 is 0. The van der Waals surface area contributed by atoms with Gasteiger partial charge in [-0.1, -0.05) is 6.07 Å². The number of anilines is 1. The zero-order chi connectivity index (χ0) is 13.0. The van der Waals surface area contributed by atoms with Gasteiger partial charge in [-0.2, -0.15) is 0 Å². The third kappa shape index (κ3) is 3.21. The second-order valence-corrected chi connectivity index (χ2v) is 5.09. The molecule has 2 atom stereocenters. The molecule has 1 aliphatic rings. The van der Waals surface area contributed by atoms with Crippen LogP contribution in [-0.4, -0.2) is 34.9 Å². The number of aliphatic hydroxyl groups excluding tert-OH is 2. The third-order valence-electron chi connectivity index (χ3n) is 3.63. The van der Waals surface area contributed by atoms with Crippen LogP contribution in [-0.2, 0) is 0 Å². The lowest BCUT2D eigenvalue weighted by Crippen LogP contribution is -2.36. The monoisotopic (exact) mass is 250 g/mol. The molecule has 2 heterocycles. The summed E-state index contributed by atoms with van der Waals surface area (Å²) in [6.45, 7) is 4.02. The Morgan fingerprint density at radius 3 is 2.94 bits per heavy atom. The van der Waals surface area contributed by atoms with E-state index in [1.807, 2.05) is 12.1 Å². The van der Waals surface area contributed by atoms with E-state index in [1.165, 1.54) is 6.42 Å². The van der Waals surface area contributed by atoms with Gasteiger partial charge < -0.3 is 15.1 Å². The van der Waals surface area contributed by atoms with Crippen molar-refractivity contribution in [2.24, 2.45) is 5.92 Å². The Morgan fingerprint density at radius 1 is 1.50 bits per heavy atom. The minimum absolute atomic E-state index is 0.271. The highest BCUT2D eigenvalue weighted by Crippen LogP contribution is 2.24. The number of hydrogen-bond donors (Lipinski definition) is 2. The van der Waals surface area contributed by atoms with Crippen molar-refractivity contribution in [2.45, 2.75) is 32.3 Å². The van der Waals surface area contributed by atoms with Crippen molar-refractivity contribution in [2.75, 3.05) is 24.6 Å². The van der Waals surface area contributed by atoms with Crippen LogP contribution < -0.4 is 4.90 Å². The van der Waals surface area contributed by atoms with Crippen LogP contribution in [0.3, 0.4) is 0 Å². The molecule has 0 bridgehead atoms. The fraction of sp³-hybridized carbons (Fsp3) is 0.643. The second kappa shape index (κ2) is 6.16. The van der Waals surface area contributed by atoms with Gasteiger partial charge in [-0.25, -0.2) is 4.98 Å². The van der Waals surface area contributed by atoms with Crippen molar-refractivity contribution < 1.29 is 10.2 Å². The first-order chi connectivity index (χ1) is 8.70. The van der Waals surface area contributed by atoms with Crippen molar-refractivity contribution >= 4 is 5.82 Å². The molecular weight excluding hydrogens is 228 g/mol. The molecule has 0 radical (unpaired) electrons. The molecular formula is C14H22N2O2. The first-order valence-corrected chi connectivity index (χ1v) is 6.70. The normalized spacial score (nSPS) is 21.9. The second-order valence-electron chi connectivity index (χ2n) is 5.09. The minimum atomic E-state index is -0.463. The largest absolute Gasteiger partial charge is 0.396 e. The van der Waals surface area contributed by atoms with Crippen molar-refractivity contribution in [3.05, 3.63) is 23.9 Å². The van der Waals surface area contributed by atoms with Gasteiger partial charge in [0.1, 0.15) is 5.82 Å². The lowest BCUT2D eigenvalue weighted by molar-refractivity contribution is 0.199. The Hall–Kier alpha value is -1.13. The highest BCUT2D eigenvalue weighted by atomic mass is 16.3. The molecule has 0 spiro atoms. The summed E-state index contributed by atoms with van der Waals surface area (Å²) in [4.78, 5) is 6.70. The summed E-state index contributed by atoms with van der Waals surface area (Å²) in [6, 6.07) is 3.91. The highest BCUT2D eigenvalue weighted by Gasteiger charge is 2.20. The molecule has 2 rings (SSSR count). The zero-order valence-corrected chi connectivity index (χ0v) is 10.9. The van der Waals surface area contributed by atoms with Gasteiger partial charge >= 0.3 is 0 Å². The van der Waals surface area contributed by atoms with Crippen LogP contribution in [0.25, 0.3) is 0 Å². The molecule has 18 heavy (non-hydrogen) atoms. The van der Waals surface area contributed by atoms with Crippen molar-refractivity contribution in [3.63, 3.8) is 0 Å². The van der Waals surface area contributed by atoms with Gasteiger partial charge in [0.05, 0.1) is 6.10 Å². The summed E-state index contributed by atoms with van der Waals surface area (Å²) in [7, 11) is 0. The average Bonchev–Trinajstić information content (AvgIpc) is 2.39. The van der Waals surface area contributed by atoms with E-state index in [1.54, 1.807) is 13.1 Å². The lowest BCUT2D eigenvalue weighted by atomic mass is 9.95. The van der Waals surface area contributed by atoms with E-state index in [0.29, 0.717) is 5.92 Å². The molecule has 1 aromatic rings. The topological polar surface area (TPSA) is 56.6 Å². The predicted octanol–water partition coefficient (Wildman–Crippen LogP) is 1.73. The number of nitrogens with zero attached hydrogens (tertiary/aromatic N) is 2. The standard InChI is InChI=1S/C14H22N2O2/c1-11(18)13-4-5-14(15-9-13)16-7-2-3-12(10-16)6-8-17/h4-5,9,11-12,17-18H,2-3,6-8,10H2,1H3/t11-,12?/m1/s1. The third-order valence-corrected chi connectivity index (χ3v) is 3.63. The van der Waals surface area contributed by atoms with Gasteiger partial charge in [-0.3, -0.25) is 0 Å². The van der Waals surface area contributed by atoms with E-state index in [0.717, 1.165) is 37.3 Å². The van der Waals surface area contributed by atoms with Crippen molar-refractivity contribution in [1.82, 2.24) is 4.98 Å². The SMILES string of the molecule is C[C@@H](O)c1ccc(N2CCCC(CCO)C2)nc1. The van der Waals surface area contributed by atoms with E-state index in [9.17, 15) is 5.11 Å². The van der Waals surface area contributed by atoms with Crippen molar-refractivity contribution in [3.8, 4) is 0 Å². The van der Waals surface area contributed by atoms with Gasteiger partial charge in [-0.05, 0) is 43.7 Å². The Bertz CT molecular complexity index is 363. The number of piperidine rings is 1. The Balaban J connectivity index is 2.02. The van der Waals surface area contributed by atoms with Crippen LogP contribution in [0.5, 0.6) is 0 Å². The van der Waals surface area contributed by atoms with Gasteiger partial charge in [0.25, 0.3) is 0 Å². The van der Waals surface area contributed by atoms with Crippen LogP contribution in [0.4, 0.5) is 5.82 Å². The smallest absolute Gasteiger partial charge is 0.128 e. The number of hydrogen-bond acceptors (Lipinski definition) is 4. The molecule has 0 saturated carbocycles. The maximum absolute atomic E-state index is 9.46. The van der Waals surface area contributed by atoms with E-state index in [4.69, 9.17) is 5.11 Å². The summed E-state index contributed by atoms with van der Waals surface area (Å²) in [5.74, 6) is 1.55. The first kappa shape index (κ1) is 13.3. The summed E-state index contributed by atoms with van der Waals surface area (Å²) in [5.41, 5.74) is 0.850. The minimum Gasteiger partial charge on any atom is -0.396 e. The van der Waals surface area contributed by atoms with Crippen LogP contribution in [0.15, 0.2) is 18.3 Å². The number of aliphatic hydroxyl groups is 2. The fourth-order valence-electron chi connectivity index (χ4n) is 2.52. The molecule has 1 fully saturated rings. The molecule has 1 aliphatic heterocycles. The molecule has 0 amide bonds. The molecule has 1 unspecified atom stereocenters. The maximum Gasteiger partial charge on any atom is 0.128 e. The molecule has 0 aromatic carbocycles. The molecule has 2 N–H and O–H groups in total. The van der Waals surface area contributed by atoms with Gasteiger partial charge in [0.15, 0.2) is 0 Å². The van der Waals surface area contributed by atoms with Crippen LogP contribution in [0.1, 0.15) is 37.9 Å². The van der Waals surface area contributed by atoms with Crippen LogP contribution in [0, 0.1) is 5.92 Å². The summed E-state index contributed by atoms with van der Waals surface area (Å²) >= 11 is 0.